The number of rotatable bonds is 2. The lowest BCUT2D eigenvalue weighted by Gasteiger charge is -2.42. The van der Waals surface area contributed by atoms with Gasteiger partial charge in [0.2, 0.25) is 5.91 Å². The van der Waals surface area contributed by atoms with Crippen molar-refractivity contribution >= 4 is 17.8 Å². The van der Waals surface area contributed by atoms with Gasteiger partial charge in [-0.1, -0.05) is 0 Å². The van der Waals surface area contributed by atoms with Crippen LogP contribution in [0, 0.1) is 0 Å². The summed E-state index contributed by atoms with van der Waals surface area (Å²) in [5, 5.41) is 2.24. The van der Waals surface area contributed by atoms with Gasteiger partial charge < -0.3 is 9.80 Å². The molecular weight excluding hydrogens is 222 g/mol. The molecule has 0 aromatic rings. The Kier molecular flexibility index (Phi) is 3.75. The summed E-state index contributed by atoms with van der Waals surface area (Å²) < 4.78 is 0. The molecule has 0 aromatic heterocycles. The molecule has 6 heteroatoms. The van der Waals surface area contributed by atoms with Gasteiger partial charge in [-0.15, -0.1) is 0 Å². The molecule has 96 valence electrons. The SMILES string of the molecule is CCN(CC)C(=O)N1CC(=O)NC(=O)C1(C)C. The van der Waals surface area contributed by atoms with Crippen LogP contribution in [0.4, 0.5) is 4.79 Å². The molecule has 6 nitrogen and oxygen atoms in total. The zero-order chi connectivity index (χ0) is 13.2. The van der Waals surface area contributed by atoms with Gasteiger partial charge in [-0.3, -0.25) is 14.9 Å². The summed E-state index contributed by atoms with van der Waals surface area (Å²) in [6.45, 7) is 8.02. The maximum Gasteiger partial charge on any atom is 0.321 e. The Balaban J connectivity index is 2.97. The summed E-state index contributed by atoms with van der Waals surface area (Å²) in [7, 11) is 0. The first-order chi connectivity index (χ1) is 7.84. The molecule has 1 aliphatic heterocycles. The number of hydrogen-bond acceptors (Lipinski definition) is 3. The maximum absolute atomic E-state index is 12.2. The Morgan fingerprint density at radius 3 is 2.35 bits per heavy atom. The third kappa shape index (κ3) is 2.40. The summed E-state index contributed by atoms with van der Waals surface area (Å²) in [5.74, 6) is -0.871. The van der Waals surface area contributed by atoms with Gasteiger partial charge in [0, 0.05) is 13.1 Å². The highest BCUT2D eigenvalue weighted by Crippen LogP contribution is 2.19. The van der Waals surface area contributed by atoms with Crippen LogP contribution in [-0.4, -0.2) is 52.8 Å². The summed E-state index contributed by atoms with van der Waals surface area (Å²) in [6, 6.07) is -0.275. The van der Waals surface area contributed by atoms with Gasteiger partial charge >= 0.3 is 6.03 Å². The van der Waals surface area contributed by atoms with Gasteiger partial charge in [0.25, 0.3) is 5.91 Å². The lowest BCUT2D eigenvalue weighted by atomic mass is 9.99. The second-order valence-corrected chi connectivity index (χ2v) is 4.48. The Labute approximate surface area is 101 Å². The number of piperazine rings is 1. The highest BCUT2D eigenvalue weighted by Gasteiger charge is 2.44. The van der Waals surface area contributed by atoms with Crippen LogP contribution in [0.25, 0.3) is 0 Å². The number of nitrogens with zero attached hydrogens (tertiary/aromatic N) is 2. The van der Waals surface area contributed by atoms with E-state index in [0.29, 0.717) is 13.1 Å². The number of carbonyl (C=O) groups is 3. The largest absolute Gasteiger partial charge is 0.325 e. The summed E-state index contributed by atoms with van der Waals surface area (Å²) in [5.41, 5.74) is -0.992. The van der Waals surface area contributed by atoms with Crippen molar-refractivity contribution in [3.8, 4) is 0 Å². The van der Waals surface area contributed by atoms with Crippen LogP contribution in [0.3, 0.4) is 0 Å². The Bertz CT molecular complexity index is 348. The first kappa shape index (κ1) is 13.5. The fourth-order valence-electron chi connectivity index (χ4n) is 1.75. The molecule has 1 N–H and O–H groups in total. The van der Waals surface area contributed by atoms with Gasteiger partial charge in [-0.2, -0.15) is 0 Å². The molecule has 1 heterocycles. The van der Waals surface area contributed by atoms with Crippen molar-refractivity contribution in [2.24, 2.45) is 0 Å². The molecule has 0 spiro atoms. The molecule has 0 atom stereocenters. The minimum atomic E-state index is -0.992. The van der Waals surface area contributed by atoms with Crippen molar-refractivity contribution in [3.63, 3.8) is 0 Å². The normalized spacial score (nSPS) is 18.9. The molecule has 0 saturated carbocycles. The minimum Gasteiger partial charge on any atom is -0.325 e. The monoisotopic (exact) mass is 241 g/mol. The van der Waals surface area contributed by atoms with Crippen molar-refractivity contribution in [1.82, 2.24) is 15.1 Å². The fourth-order valence-corrected chi connectivity index (χ4v) is 1.75. The van der Waals surface area contributed by atoms with Crippen LogP contribution >= 0.6 is 0 Å². The van der Waals surface area contributed by atoms with Crippen LogP contribution < -0.4 is 5.32 Å². The van der Waals surface area contributed by atoms with Crippen LogP contribution in [-0.2, 0) is 9.59 Å². The average Bonchev–Trinajstić information content (AvgIpc) is 2.25. The highest BCUT2D eigenvalue weighted by molar-refractivity contribution is 6.05. The summed E-state index contributed by atoms with van der Waals surface area (Å²) in [4.78, 5) is 38.1. The zero-order valence-corrected chi connectivity index (χ0v) is 10.7. The highest BCUT2D eigenvalue weighted by atomic mass is 16.2. The molecule has 0 bridgehead atoms. The van der Waals surface area contributed by atoms with E-state index in [0.717, 1.165) is 0 Å². The molecule has 1 fully saturated rings. The summed E-state index contributed by atoms with van der Waals surface area (Å²) >= 11 is 0. The van der Waals surface area contributed by atoms with Crippen molar-refractivity contribution in [2.75, 3.05) is 19.6 Å². The van der Waals surface area contributed by atoms with Gasteiger partial charge in [0.1, 0.15) is 12.1 Å². The second-order valence-electron chi connectivity index (χ2n) is 4.48. The van der Waals surface area contributed by atoms with Crippen LogP contribution in [0.1, 0.15) is 27.7 Å². The topological polar surface area (TPSA) is 69.7 Å². The minimum absolute atomic E-state index is 0.0753. The molecule has 0 radical (unpaired) electrons. The fraction of sp³-hybridized carbons (Fsp3) is 0.727. The van der Waals surface area contributed by atoms with E-state index < -0.39 is 17.4 Å². The Morgan fingerprint density at radius 2 is 1.88 bits per heavy atom. The number of amides is 4. The van der Waals surface area contributed by atoms with Crippen molar-refractivity contribution in [3.05, 3.63) is 0 Å². The van der Waals surface area contributed by atoms with E-state index in [1.54, 1.807) is 18.7 Å². The lowest BCUT2D eigenvalue weighted by molar-refractivity contribution is -0.143. The predicted molar refractivity (Wildman–Crippen MR) is 62.3 cm³/mol. The third-order valence-electron chi connectivity index (χ3n) is 3.05. The molecule has 17 heavy (non-hydrogen) atoms. The molecular formula is C11H19N3O3. The first-order valence-corrected chi connectivity index (χ1v) is 5.75. The van der Waals surface area contributed by atoms with E-state index in [2.05, 4.69) is 5.32 Å². The molecule has 1 saturated heterocycles. The van der Waals surface area contributed by atoms with E-state index in [-0.39, 0.29) is 12.6 Å². The van der Waals surface area contributed by atoms with Gasteiger partial charge in [-0.05, 0) is 27.7 Å². The van der Waals surface area contributed by atoms with Crippen molar-refractivity contribution in [2.45, 2.75) is 33.2 Å². The van der Waals surface area contributed by atoms with E-state index >= 15 is 0 Å². The molecule has 1 rings (SSSR count). The van der Waals surface area contributed by atoms with Crippen LogP contribution in [0.5, 0.6) is 0 Å². The number of urea groups is 1. The average molecular weight is 241 g/mol. The zero-order valence-electron chi connectivity index (χ0n) is 10.7. The van der Waals surface area contributed by atoms with Crippen molar-refractivity contribution in [1.29, 1.82) is 0 Å². The molecule has 1 aliphatic rings. The van der Waals surface area contributed by atoms with Crippen LogP contribution in [0.2, 0.25) is 0 Å². The van der Waals surface area contributed by atoms with Gasteiger partial charge in [0.05, 0.1) is 0 Å². The third-order valence-corrected chi connectivity index (χ3v) is 3.05. The number of nitrogens with one attached hydrogen (secondary N) is 1. The number of imide groups is 1. The molecule has 0 aliphatic carbocycles. The van der Waals surface area contributed by atoms with E-state index in [1.165, 1.54) is 4.90 Å². The number of carbonyl (C=O) groups excluding carboxylic acids is 3. The Morgan fingerprint density at radius 1 is 1.35 bits per heavy atom. The molecule has 4 amide bonds. The van der Waals surface area contributed by atoms with Gasteiger partial charge in [0.15, 0.2) is 0 Å². The first-order valence-electron chi connectivity index (χ1n) is 5.75. The smallest absolute Gasteiger partial charge is 0.321 e. The van der Waals surface area contributed by atoms with Crippen LogP contribution in [0.15, 0.2) is 0 Å². The van der Waals surface area contributed by atoms with E-state index in [9.17, 15) is 14.4 Å². The Hall–Kier alpha value is -1.59. The number of hydrogen-bond donors (Lipinski definition) is 1. The summed E-state index contributed by atoms with van der Waals surface area (Å²) in [6.07, 6.45) is 0. The predicted octanol–water partition coefficient (Wildman–Crippen LogP) is 0.185. The van der Waals surface area contributed by atoms with E-state index in [4.69, 9.17) is 0 Å². The lowest BCUT2D eigenvalue weighted by Crippen LogP contribution is -2.67. The molecule has 0 unspecified atom stereocenters. The van der Waals surface area contributed by atoms with E-state index in [1.807, 2.05) is 13.8 Å². The molecule has 0 aromatic carbocycles. The quantitative estimate of drug-likeness (QED) is 0.701. The maximum atomic E-state index is 12.2. The standard InChI is InChI=1S/C11H19N3O3/c1-5-13(6-2)10(17)14-7-8(15)12-9(16)11(14,3)4/h5-7H2,1-4H3,(H,12,15,16). The van der Waals surface area contributed by atoms with Crippen molar-refractivity contribution < 1.29 is 14.4 Å². The van der Waals surface area contributed by atoms with Gasteiger partial charge in [-0.25, -0.2) is 4.79 Å². The second kappa shape index (κ2) is 4.73.